The van der Waals surface area contributed by atoms with Crippen LogP contribution in [0.4, 0.5) is 5.82 Å². The summed E-state index contributed by atoms with van der Waals surface area (Å²) in [6.07, 6.45) is 3.24. The van der Waals surface area contributed by atoms with E-state index in [1.807, 2.05) is 41.0 Å². The molecule has 2 aliphatic rings. The molecule has 132 valence electrons. The lowest BCUT2D eigenvalue weighted by atomic mass is 9.84. The van der Waals surface area contributed by atoms with Crippen LogP contribution in [0.2, 0.25) is 0 Å². The fourth-order valence-electron chi connectivity index (χ4n) is 3.75. The molecular weight excluding hydrogens is 316 g/mol. The van der Waals surface area contributed by atoms with Crippen LogP contribution in [-0.4, -0.2) is 46.5 Å². The van der Waals surface area contributed by atoms with Crippen LogP contribution in [0, 0.1) is 5.92 Å². The number of para-hydroxylation sites is 2. The molecule has 2 fully saturated rings. The smallest absolute Gasteiger partial charge is 0.293 e. The normalized spacial score (nSPS) is 18.4. The predicted molar refractivity (Wildman–Crippen MR) is 97.8 cm³/mol. The van der Waals surface area contributed by atoms with Crippen LogP contribution in [0.15, 0.2) is 29.1 Å². The van der Waals surface area contributed by atoms with Crippen molar-refractivity contribution in [2.45, 2.75) is 32.7 Å². The number of piperazine rings is 1. The molecule has 1 aliphatic carbocycles. The van der Waals surface area contributed by atoms with Crippen molar-refractivity contribution in [2.24, 2.45) is 5.92 Å². The van der Waals surface area contributed by atoms with Gasteiger partial charge in [-0.15, -0.1) is 0 Å². The topological polar surface area (TPSA) is 58.4 Å². The van der Waals surface area contributed by atoms with Gasteiger partial charge in [0.15, 0.2) is 5.82 Å². The van der Waals surface area contributed by atoms with Crippen molar-refractivity contribution in [1.29, 1.82) is 0 Å². The van der Waals surface area contributed by atoms with E-state index >= 15 is 0 Å². The molecule has 0 bridgehead atoms. The van der Waals surface area contributed by atoms with Gasteiger partial charge in [0.25, 0.3) is 5.56 Å². The molecule has 0 N–H and O–H groups in total. The third kappa shape index (κ3) is 2.79. The first kappa shape index (κ1) is 16.1. The molecule has 2 heterocycles. The van der Waals surface area contributed by atoms with Crippen LogP contribution >= 0.6 is 0 Å². The Kier molecular flexibility index (Phi) is 4.19. The Morgan fingerprint density at radius 3 is 2.52 bits per heavy atom. The highest BCUT2D eigenvalue weighted by molar-refractivity contribution is 5.80. The van der Waals surface area contributed by atoms with Gasteiger partial charge in [-0.1, -0.05) is 18.6 Å². The Hall–Kier alpha value is -2.37. The number of fused-ring (bicyclic) bond motifs is 1. The van der Waals surface area contributed by atoms with Gasteiger partial charge in [-0.2, -0.15) is 0 Å². The molecule has 25 heavy (non-hydrogen) atoms. The Balaban J connectivity index is 1.57. The van der Waals surface area contributed by atoms with E-state index < -0.39 is 0 Å². The fraction of sp³-hybridized carbons (Fsp3) is 0.526. The summed E-state index contributed by atoms with van der Waals surface area (Å²) >= 11 is 0. The second kappa shape index (κ2) is 6.50. The van der Waals surface area contributed by atoms with Gasteiger partial charge in [-0.3, -0.25) is 9.59 Å². The molecule has 0 radical (unpaired) electrons. The number of hydrogen-bond acceptors (Lipinski definition) is 4. The summed E-state index contributed by atoms with van der Waals surface area (Å²) in [7, 11) is 0. The first-order valence-corrected chi connectivity index (χ1v) is 9.22. The monoisotopic (exact) mass is 340 g/mol. The number of aryl methyl sites for hydroxylation is 1. The average molecular weight is 340 g/mol. The summed E-state index contributed by atoms with van der Waals surface area (Å²) in [5.74, 6) is 1.04. The van der Waals surface area contributed by atoms with E-state index in [0.29, 0.717) is 44.4 Å². The van der Waals surface area contributed by atoms with Gasteiger partial charge in [-0.25, -0.2) is 4.98 Å². The third-order valence-corrected chi connectivity index (χ3v) is 5.50. The molecule has 0 spiro atoms. The van der Waals surface area contributed by atoms with Crippen LogP contribution < -0.4 is 10.5 Å². The Bertz CT molecular complexity index is 848. The second-order valence-electron chi connectivity index (χ2n) is 6.91. The first-order valence-electron chi connectivity index (χ1n) is 9.22. The molecule has 0 unspecified atom stereocenters. The largest absolute Gasteiger partial charge is 0.348 e. The zero-order valence-corrected chi connectivity index (χ0v) is 14.6. The van der Waals surface area contributed by atoms with E-state index in [2.05, 4.69) is 4.98 Å². The van der Waals surface area contributed by atoms with Crippen molar-refractivity contribution < 1.29 is 4.79 Å². The summed E-state index contributed by atoms with van der Waals surface area (Å²) in [5, 5.41) is 0. The summed E-state index contributed by atoms with van der Waals surface area (Å²) < 4.78 is 1.78. The van der Waals surface area contributed by atoms with Gasteiger partial charge in [0, 0.05) is 38.6 Å². The van der Waals surface area contributed by atoms with Crippen LogP contribution in [0.5, 0.6) is 0 Å². The van der Waals surface area contributed by atoms with Crippen LogP contribution in [-0.2, 0) is 11.3 Å². The third-order valence-electron chi connectivity index (χ3n) is 5.50. The van der Waals surface area contributed by atoms with Crippen LogP contribution in [0.1, 0.15) is 26.2 Å². The van der Waals surface area contributed by atoms with Crippen molar-refractivity contribution in [3.05, 3.63) is 34.6 Å². The van der Waals surface area contributed by atoms with Gasteiger partial charge < -0.3 is 14.4 Å². The number of rotatable bonds is 3. The standard InChI is InChI=1S/C19H24N4O2/c1-2-23-16-9-4-3-8-15(16)20-17(19(23)25)21-10-12-22(13-11-21)18(24)14-6-5-7-14/h3-4,8-9,14H,2,5-7,10-13H2,1H3. The number of anilines is 1. The van der Waals surface area contributed by atoms with E-state index in [9.17, 15) is 9.59 Å². The maximum absolute atomic E-state index is 12.9. The van der Waals surface area contributed by atoms with Gasteiger partial charge in [-0.05, 0) is 31.9 Å². The van der Waals surface area contributed by atoms with Crippen molar-refractivity contribution >= 4 is 22.8 Å². The van der Waals surface area contributed by atoms with E-state index in [-0.39, 0.29) is 11.5 Å². The zero-order valence-electron chi connectivity index (χ0n) is 14.6. The number of nitrogens with zero attached hydrogens (tertiary/aromatic N) is 4. The molecule has 6 heteroatoms. The molecule has 1 aliphatic heterocycles. The number of benzene rings is 1. The average Bonchev–Trinajstić information content (AvgIpc) is 2.60. The van der Waals surface area contributed by atoms with E-state index in [4.69, 9.17) is 0 Å². The molecule has 4 rings (SSSR count). The van der Waals surface area contributed by atoms with Crippen LogP contribution in [0.25, 0.3) is 11.0 Å². The highest BCUT2D eigenvalue weighted by Gasteiger charge is 2.32. The van der Waals surface area contributed by atoms with E-state index in [0.717, 1.165) is 23.9 Å². The number of hydrogen-bond donors (Lipinski definition) is 0. The van der Waals surface area contributed by atoms with Crippen LogP contribution in [0.3, 0.4) is 0 Å². The Morgan fingerprint density at radius 1 is 1.16 bits per heavy atom. The predicted octanol–water partition coefficient (Wildman–Crippen LogP) is 1.87. The molecule has 1 saturated carbocycles. The maximum atomic E-state index is 12.9. The highest BCUT2D eigenvalue weighted by atomic mass is 16.2. The molecule has 1 aromatic carbocycles. The quantitative estimate of drug-likeness (QED) is 0.856. The van der Waals surface area contributed by atoms with E-state index in [1.165, 1.54) is 6.42 Å². The summed E-state index contributed by atoms with van der Waals surface area (Å²) in [6, 6.07) is 7.76. The lowest BCUT2D eigenvalue weighted by molar-refractivity contribution is -0.138. The summed E-state index contributed by atoms with van der Waals surface area (Å²) in [4.78, 5) is 33.9. The fourth-order valence-corrected chi connectivity index (χ4v) is 3.75. The molecular formula is C19H24N4O2. The number of aromatic nitrogens is 2. The first-order chi connectivity index (χ1) is 12.2. The lowest BCUT2D eigenvalue weighted by Crippen LogP contribution is -2.52. The van der Waals surface area contributed by atoms with Crippen molar-refractivity contribution in [3.63, 3.8) is 0 Å². The Labute approximate surface area is 147 Å². The van der Waals surface area contributed by atoms with Crippen molar-refractivity contribution in [2.75, 3.05) is 31.1 Å². The van der Waals surface area contributed by atoms with Crippen molar-refractivity contribution in [1.82, 2.24) is 14.5 Å². The summed E-state index contributed by atoms with van der Waals surface area (Å²) in [6.45, 7) is 5.29. The van der Waals surface area contributed by atoms with Gasteiger partial charge in [0.1, 0.15) is 0 Å². The molecule has 6 nitrogen and oxygen atoms in total. The number of amides is 1. The van der Waals surface area contributed by atoms with E-state index in [1.54, 1.807) is 4.57 Å². The second-order valence-corrected chi connectivity index (χ2v) is 6.91. The highest BCUT2D eigenvalue weighted by Crippen LogP contribution is 2.28. The molecule has 1 saturated heterocycles. The Morgan fingerprint density at radius 2 is 1.88 bits per heavy atom. The zero-order chi connectivity index (χ0) is 17.4. The molecule has 0 atom stereocenters. The number of carbonyl (C=O) groups is 1. The van der Waals surface area contributed by atoms with Gasteiger partial charge >= 0.3 is 0 Å². The minimum Gasteiger partial charge on any atom is -0.348 e. The molecule has 1 amide bonds. The SMILES string of the molecule is CCn1c(=O)c(N2CCN(C(=O)C3CCC3)CC2)nc2ccccc21. The molecule has 2 aromatic rings. The van der Waals surface area contributed by atoms with Gasteiger partial charge in [0.05, 0.1) is 11.0 Å². The minimum absolute atomic E-state index is 0.0417. The molecule has 1 aromatic heterocycles. The minimum atomic E-state index is -0.0417. The maximum Gasteiger partial charge on any atom is 0.293 e. The summed E-state index contributed by atoms with van der Waals surface area (Å²) in [5.41, 5.74) is 1.67. The number of carbonyl (C=O) groups excluding carboxylic acids is 1. The van der Waals surface area contributed by atoms with Crippen molar-refractivity contribution in [3.8, 4) is 0 Å². The van der Waals surface area contributed by atoms with Gasteiger partial charge in [0.2, 0.25) is 5.91 Å². The lowest BCUT2D eigenvalue weighted by Gasteiger charge is -2.38.